The Morgan fingerprint density at radius 3 is 2.85 bits per heavy atom. The van der Waals surface area contributed by atoms with Crippen molar-refractivity contribution in [3.05, 3.63) is 71.1 Å². The van der Waals surface area contributed by atoms with Gasteiger partial charge in [-0.1, -0.05) is 0 Å². The zero-order valence-electron chi connectivity index (χ0n) is 18.6. The number of hydrogen-bond acceptors (Lipinski definition) is 7. The summed E-state index contributed by atoms with van der Waals surface area (Å²) < 4.78 is 5.69. The SMILES string of the molecule is Cc1cc(NCCN(C)C)ccc1NC1=C(C(=O)O)C(=O)C(=Cc2c[nH]c3ncccc23)O1. The molecule has 170 valence electrons. The summed E-state index contributed by atoms with van der Waals surface area (Å²) in [7, 11) is 4.02. The lowest BCUT2D eigenvalue weighted by molar-refractivity contribution is -0.134. The molecule has 4 N–H and O–H groups in total. The molecule has 3 heterocycles. The number of rotatable bonds is 8. The fourth-order valence-electron chi connectivity index (χ4n) is 3.51. The Kier molecular flexibility index (Phi) is 6.14. The molecule has 3 aromatic rings. The zero-order chi connectivity index (χ0) is 23.5. The van der Waals surface area contributed by atoms with Crippen LogP contribution in [0.3, 0.4) is 0 Å². The molecule has 0 aliphatic carbocycles. The number of aliphatic carboxylic acids is 1. The Bertz CT molecular complexity index is 1290. The highest BCUT2D eigenvalue weighted by Gasteiger charge is 2.36. The van der Waals surface area contributed by atoms with Crippen LogP contribution in [-0.2, 0) is 14.3 Å². The van der Waals surface area contributed by atoms with Gasteiger partial charge in [-0.15, -0.1) is 0 Å². The smallest absolute Gasteiger partial charge is 0.345 e. The lowest BCUT2D eigenvalue weighted by Crippen LogP contribution is -2.20. The molecule has 0 radical (unpaired) electrons. The van der Waals surface area contributed by atoms with Gasteiger partial charge in [0.2, 0.25) is 11.7 Å². The Balaban J connectivity index is 1.56. The predicted molar refractivity (Wildman–Crippen MR) is 127 cm³/mol. The fraction of sp³-hybridized carbons (Fsp3) is 0.208. The molecule has 0 saturated carbocycles. The number of carbonyl (C=O) groups excluding carboxylic acids is 1. The molecule has 9 heteroatoms. The second-order valence-corrected chi connectivity index (χ2v) is 7.98. The maximum Gasteiger partial charge on any atom is 0.345 e. The van der Waals surface area contributed by atoms with Crippen LogP contribution in [0.25, 0.3) is 17.1 Å². The van der Waals surface area contributed by atoms with Gasteiger partial charge in [-0.3, -0.25) is 4.79 Å². The molecular weight excluding hydrogens is 422 g/mol. The van der Waals surface area contributed by atoms with Crippen molar-refractivity contribution in [2.45, 2.75) is 6.92 Å². The van der Waals surface area contributed by atoms with E-state index >= 15 is 0 Å². The number of Topliss-reactive ketones (excluding diaryl/α,β-unsaturated/α-hetero) is 1. The Labute approximate surface area is 190 Å². The van der Waals surface area contributed by atoms with Crippen LogP contribution in [0.4, 0.5) is 11.4 Å². The first-order chi connectivity index (χ1) is 15.8. The quantitative estimate of drug-likeness (QED) is 0.307. The third kappa shape index (κ3) is 4.73. The third-order valence-corrected chi connectivity index (χ3v) is 5.24. The van der Waals surface area contributed by atoms with Gasteiger partial charge in [0.05, 0.1) is 0 Å². The van der Waals surface area contributed by atoms with Crippen LogP contribution in [-0.4, -0.2) is 58.9 Å². The molecular formula is C24H25N5O4. The molecule has 2 aromatic heterocycles. The largest absolute Gasteiger partial charge is 0.477 e. The lowest BCUT2D eigenvalue weighted by Gasteiger charge is -2.14. The van der Waals surface area contributed by atoms with Crippen LogP contribution in [0.15, 0.2) is 59.9 Å². The average molecular weight is 447 g/mol. The van der Waals surface area contributed by atoms with Gasteiger partial charge in [0, 0.05) is 47.8 Å². The van der Waals surface area contributed by atoms with E-state index in [4.69, 9.17) is 4.74 Å². The van der Waals surface area contributed by atoms with Crippen LogP contribution in [0.1, 0.15) is 11.1 Å². The van der Waals surface area contributed by atoms with Crippen molar-refractivity contribution < 1.29 is 19.4 Å². The molecule has 0 fully saturated rings. The number of anilines is 2. The highest BCUT2D eigenvalue weighted by atomic mass is 16.5. The van der Waals surface area contributed by atoms with E-state index < -0.39 is 17.3 Å². The highest BCUT2D eigenvalue weighted by Crippen LogP contribution is 2.31. The van der Waals surface area contributed by atoms with E-state index in [1.54, 1.807) is 18.5 Å². The number of ether oxygens (including phenoxy) is 1. The number of carbonyl (C=O) groups is 2. The van der Waals surface area contributed by atoms with Crippen molar-refractivity contribution in [3.63, 3.8) is 0 Å². The van der Waals surface area contributed by atoms with Crippen LogP contribution in [0.2, 0.25) is 0 Å². The van der Waals surface area contributed by atoms with Gasteiger partial charge in [0.1, 0.15) is 5.65 Å². The standard InChI is InChI=1S/C24H25N5O4/c1-14-11-16(25-9-10-29(2)3)6-7-18(14)28-23-20(24(31)32)21(30)19(33-23)12-15-13-27-22-17(15)5-4-8-26-22/h4-8,11-13,25,28H,9-10H2,1-3H3,(H,26,27)(H,31,32). The minimum atomic E-state index is -1.36. The first kappa shape index (κ1) is 22.1. The average Bonchev–Trinajstić information content (AvgIpc) is 3.31. The number of ketones is 1. The number of carboxylic acid groups (broad SMARTS) is 1. The summed E-state index contributed by atoms with van der Waals surface area (Å²) >= 11 is 0. The van der Waals surface area contributed by atoms with Gasteiger partial charge in [-0.25, -0.2) is 9.78 Å². The van der Waals surface area contributed by atoms with Gasteiger partial charge < -0.3 is 30.4 Å². The topological polar surface area (TPSA) is 120 Å². The normalized spacial score (nSPS) is 14.9. The summed E-state index contributed by atoms with van der Waals surface area (Å²) in [6.45, 7) is 3.58. The summed E-state index contributed by atoms with van der Waals surface area (Å²) in [5.74, 6) is -2.22. The summed E-state index contributed by atoms with van der Waals surface area (Å²) in [6, 6.07) is 9.29. The van der Waals surface area contributed by atoms with Crippen molar-refractivity contribution in [1.29, 1.82) is 0 Å². The second kappa shape index (κ2) is 9.17. The maximum atomic E-state index is 12.8. The van der Waals surface area contributed by atoms with E-state index in [2.05, 4.69) is 25.5 Å². The number of nitrogens with zero attached hydrogens (tertiary/aromatic N) is 2. The number of aromatic nitrogens is 2. The molecule has 4 rings (SSSR count). The van der Waals surface area contributed by atoms with E-state index in [1.165, 1.54) is 6.08 Å². The number of fused-ring (bicyclic) bond motifs is 1. The molecule has 0 unspecified atom stereocenters. The molecule has 0 bridgehead atoms. The second-order valence-electron chi connectivity index (χ2n) is 7.98. The molecule has 33 heavy (non-hydrogen) atoms. The molecule has 0 saturated heterocycles. The number of allylic oxidation sites excluding steroid dienone is 1. The minimum Gasteiger partial charge on any atom is -0.477 e. The fourth-order valence-corrected chi connectivity index (χ4v) is 3.51. The van der Waals surface area contributed by atoms with Crippen LogP contribution in [0.5, 0.6) is 0 Å². The van der Waals surface area contributed by atoms with Crippen LogP contribution in [0, 0.1) is 6.92 Å². The molecule has 0 atom stereocenters. The number of H-pyrrole nitrogens is 1. The van der Waals surface area contributed by atoms with Crippen molar-refractivity contribution >= 4 is 40.2 Å². The summed E-state index contributed by atoms with van der Waals surface area (Å²) in [5.41, 5.74) is 3.37. The number of aromatic amines is 1. The van der Waals surface area contributed by atoms with Crippen molar-refractivity contribution in [2.75, 3.05) is 37.8 Å². The predicted octanol–water partition coefficient (Wildman–Crippen LogP) is 3.19. The number of aryl methyl sites for hydroxylation is 1. The first-order valence-electron chi connectivity index (χ1n) is 10.4. The summed E-state index contributed by atoms with van der Waals surface area (Å²) in [4.78, 5) is 34.0. The van der Waals surface area contributed by atoms with Gasteiger partial charge in [0.25, 0.3) is 0 Å². The number of nitrogens with one attached hydrogen (secondary N) is 3. The summed E-state index contributed by atoms with van der Waals surface area (Å²) in [5, 5.41) is 16.8. The van der Waals surface area contributed by atoms with E-state index in [0.29, 0.717) is 16.9 Å². The highest BCUT2D eigenvalue weighted by molar-refractivity contribution is 6.26. The van der Waals surface area contributed by atoms with Crippen molar-refractivity contribution in [2.24, 2.45) is 0 Å². The van der Waals surface area contributed by atoms with E-state index in [0.717, 1.165) is 29.7 Å². The van der Waals surface area contributed by atoms with Crippen molar-refractivity contribution in [1.82, 2.24) is 14.9 Å². The Morgan fingerprint density at radius 1 is 1.30 bits per heavy atom. The molecule has 0 amide bonds. The first-order valence-corrected chi connectivity index (χ1v) is 10.4. The van der Waals surface area contributed by atoms with Gasteiger partial charge in [-0.2, -0.15) is 0 Å². The summed E-state index contributed by atoms with van der Waals surface area (Å²) in [6.07, 6.45) is 4.87. The molecule has 1 aliphatic rings. The molecule has 9 nitrogen and oxygen atoms in total. The maximum absolute atomic E-state index is 12.8. The molecule has 0 spiro atoms. The van der Waals surface area contributed by atoms with Gasteiger partial charge in [-0.05, 0) is 63.0 Å². The number of benzene rings is 1. The van der Waals surface area contributed by atoms with Crippen molar-refractivity contribution in [3.8, 4) is 0 Å². The number of likely N-dealkylation sites (N-methyl/N-ethyl adjacent to an activating group) is 1. The number of carboxylic acids is 1. The van der Waals surface area contributed by atoms with E-state index in [9.17, 15) is 14.7 Å². The molecule has 1 aliphatic heterocycles. The lowest BCUT2D eigenvalue weighted by atomic mass is 10.1. The molecule has 1 aromatic carbocycles. The Hall–Kier alpha value is -4.11. The van der Waals surface area contributed by atoms with E-state index in [1.807, 2.05) is 45.3 Å². The monoisotopic (exact) mass is 447 g/mol. The minimum absolute atomic E-state index is 0.0701. The van der Waals surface area contributed by atoms with Crippen LogP contribution >= 0.6 is 0 Å². The Morgan fingerprint density at radius 2 is 2.12 bits per heavy atom. The number of hydrogen-bond donors (Lipinski definition) is 4. The van der Waals surface area contributed by atoms with E-state index in [-0.39, 0.29) is 11.6 Å². The van der Waals surface area contributed by atoms with Crippen LogP contribution < -0.4 is 10.6 Å². The van der Waals surface area contributed by atoms with Gasteiger partial charge in [0.15, 0.2) is 11.3 Å². The number of pyridine rings is 1. The van der Waals surface area contributed by atoms with Gasteiger partial charge >= 0.3 is 5.97 Å². The zero-order valence-corrected chi connectivity index (χ0v) is 18.6. The third-order valence-electron chi connectivity index (χ3n) is 5.24.